The summed E-state index contributed by atoms with van der Waals surface area (Å²) in [4.78, 5) is -0.00556. The van der Waals surface area contributed by atoms with Crippen molar-refractivity contribution in [1.82, 2.24) is 9.78 Å². The maximum Gasteiger partial charge on any atom is 0.416 e. The monoisotopic (exact) mass is 503 g/mol. The number of oxime groups is 1. The molecule has 2 rings (SSSR count). The number of halogens is 5. The molecule has 0 aliphatic heterocycles. The summed E-state index contributed by atoms with van der Waals surface area (Å²) in [5.41, 5.74) is 10.6. The molecule has 7 nitrogen and oxygen atoms in total. The molecule has 0 spiro atoms. The molecular formula is C12H10Br2F3N5O2S. The SMILES string of the molecule is CS(=O)c1c(C(N)=NO)nn(-c2c(Br)cc(C(F)(F)F)cc2Br)c1N. The number of hydrogen-bond donors (Lipinski definition) is 3. The third-order valence-corrected chi connectivity index (χ3v) is 5.26. The van der Waals surface area contributed by atoms with Gasteiger partial charge in [0.1, 0.15) is 16.4 Å². The smallest absolute Gasteiger partial charge is 0.409 e. The Hall–Kier alpha value is -1.60. The summed E-state index contributed by atoms with van der Waals surface area (Å²) in [6.45, 7) is 0. The third kappa shape index (κ3) is 3.67. The van der Waals surface area contributed by atoms with E-state index in [1.807, 2.05) is 0 Å². The highest BCUT2D eigenvalue weighted by Gasteiger charge is 2.33. The van der Waals surface area contributed by atoms with E-state index in [0.717, 1.165) is 16.8 Å². The van der Waals surface area contributed by atoms with Gasteiger partial charge in [0.05, 0.1) is 22.1 Å². The minimum Gasteiger partial charge on any atom is -0.409 e. The molecule has 1 heterocycles. The zero-order chi connectivity index (χ0) is 19.1. The molecule has 0 radical (unpaired) electrons. The van der Waals surface area contributed by atoms with Crippen molar-refractivity contribution in [2.75, 3.05) is 12.0 Å². The fraction of sp³-hybridized carbons (Fsp3) is 0.167. The van der Waals surface area contributed by atoms with Crippen LogP contribution in [0.25, 0.3) is 5.69 Å². The highest BCUT2D eigenvalue weighted by molar-refractivity contribution is 9.11. The Bertz CT molecular complexity index is 875. The Morgan fingerprint density at radius 1 is 1.36 bits per heavy atom. The standard InChI is InChI=1S/C12H10Br2F3N5O2S/c1-25(24)9-7(10(18)21-23)20-22(11(9)19)8-5(13)2-4(3-6(8)14)12(15,16)17/h2-3,23H,19H2,1H3,(H2,18,21). The first kappa shape index (κ1) is 19.7. The summed E-state index contributed by atoms with van der Waals surface area (Å²) in [6, 6.07) is 1.71. The average Bonchev–Trinajstić information content (AvgIpc) is 2.82. The van der Waals surface area contributed by atoms with Crippen molar-refractivity contribution in [2.24, 2.45) is 10.9 Å². The first-order valence-electron chi connectivity index (χ1n) is 6.25. The van der Waals surface area contributed by atoms with E-state index >= 15 is 0 Å². The zero-order valence-electron chi connectivity index (χ0n) is 12.3. The van der Waals surface area contributed by atoms with Crippen LogP contribution in [0, 0.1) is 0 Å². The molecule has 1 aromatic carbocycles. The van der Waals surface area contributed by atoms with Crippen molar-refractivity contribution >= 4 is 54.3 Å². The van der Waals surface area contributed by atoms with Crippen LogP contribution < -0.4 is 11.5 Å². The van der Waals surface area contributed by atoms with Crippen LogP contribution in [0.4, 0.5) is 19.0 Å². The summed E-state index contributed by atoms with van der Waals surface area (Å²) in [7, 11) is -1.65. The van der Waals surface area contributed by atoms with E-state index in [1.54, 1.807) is 0 Å². The van der Waals surface area contributed by atoms with Crippen molar-refractivity contribution in [2.45, 2.75) is 11.1 Å². The van der Waals surface area contributed by atoms with E-state index in [2.05, 4.69) is 42.1 Å². The largest absolute Gasteiger partial charge is 0.416 e. The molecule has 1 aromatic heterocycles. The number of amidine groups is 1. The molecule has 2 aromatic rings. The second-order valence-electron chi connectivity index (χ2n) is 4.70. The molecule has 13 heteroatoms. The molecule has 0 aliphatic rings. The number of anilines is 1. The highest BCUT2D eigenvalue weighted by Crippen LogP contribution is 2.39. The lowest BCUT2D eigenvalue weighted by Crippen LogP contribution is -2.16. The van der Waals surface area contributed by atoms with Gasteiger partial charge in [0.15, 0.2) is 5.84 Å². The molecule has 0 bridgehead atoms. The molecular weight excluding hydrogens is 495 g/mol. The number of nitrogens with zero attached hydrogens (tertiary/aromatic N) is 3. The summed E-state index contributed by atoms with van der Waals surface area (Å²) in [5.74, 6) is -0.557. The molecule has 136 valence electrons. The van der Waals surface area contributed by atoms with E-state index in [9.17, 15) is 17.4 Å². The second kappa shape index (κ2) is 6.96. The molecule has 0 fully saturated rings. The van der Waals surface area contributed by atoms with Crippen LogP contribution in [-0.2, 0) is 17.0 Å². The lowest BCUT2D eigenvalue weighted by molar-refractivity contribution is -0.137. The Morgan fingerprint density at radius 2 is 1.88 bits per heavy atom. The van der Waals surface area contributed by atoms with E-state index in [-0.39, 0.29) is 31.0 Å². The summed E-state index contributed by atoms with van der Waals surface area (Å²) < 4.78 is 51.7. The van der Waals surface area contributed by atoms with Crippen molar-refractivity contribution in [3.05, 3.63) is 32.3 Å². The molecule has 0 saturated carbocycles. The van der Waals surface area contributed by atoms with Gasteiger partial charge in [0.25, 0.3) is 0 Å². The molecule has 25 heavy (non-hydrogen) atoms. The second-order valence-corrected chi connectivity index (χ2v) is 7.73. The van der Waals surface area contributed by atoms with Gasteiger partial charge in [0, 0.05) is 15.2 Å². The van der Waals surface area contributed by atoms with Crippen molar-refractivity contribution < 1.29 is 22.6 Å². The molecule has 0 amide bonds. The lowest BCUT2D eigenvalue weighted by atomic mass is 10.2. The average molecular weight is 505 g/mol. The van der Waals surface area contributed by atoms with Gasteiger partial charge in [-0.25, -0.2) is 4.68 Å². The van der Waals surface area contributed by atoms with Crippen LogP contribution in [0.1, 0.15) is 11.3 Å². The maximum atomic E-state index is 12.9. The topological polar surface area (TPSA) is 120 Å². The van der Waals surface area contributed by atoms with Crippen LogP contribution in [0.3, 0.4) is 0 Å². The predicted octanol–water partition coefficient (Wildman–Crippen LogP) is 2.83. The van der Waals surface area contributed by atoms with Gasteiger partial charge in [-0.2, -0.15) is 18.3 Å². The summed E-state index contributed by atoms with van der Waals surface area (Å²) in [5, 5.41) is 15.7. The number of nitrogens with two attached hydrogens (primary N) is 2. The molecule has 1 atom stereocenters. The fourth-order valence-corrected chi connectivity index (χ4v) is 4.34. The zero-order valence-corrected chi connectivity index (χ0v) is 16.3. The van der Waals surface area contributed by atoms with E-state index in [1.165, 1.54) is 6.26 Å². The van der Waals surface area contributed by atoms with Gasteiger partial charge in [-0.1, -0.05) is 5.16 Å². The third-order valence-electron chi connectivity index (χ3n) is 3.07. The number of hydrogen-bond acceptors (Lipinski definition) is 5. The van der Waals surface area contributed by atoms with Gasteiger partial charge in [-0.05, 0) is 44.0 Å². The van der Waals surface area contributed by atoms with Crippen LogP contribution in [0.15, 0.2) is 31.1 Å². The first-order valence-corrected chi connectivity index (χ1v) is 9.39. The Kier molecular flexibility index (Phi) is 5.49. The van der Waals surface area contributed by atoms with Crippen LogP contribution in [0.5, 0.6) is 0 Å². The summed E-state index contributed by atoms with van der Waals surface area (Å²) >= 11 is 6.11. The Balaban J connectivity index is 2.78. The number of benzene rings is 1. The number of nitrogen functional groups attached to an aromatic ring is 1. The van der Waals surface area contributed by atoms with E-state index in [4.69, 9.17) is 16.7 Å². The minimum absolute atomic E-state index is 0.00556. The number of aromatic nitrogens is 2. The van der Waals surface area contributed by atoms with Crippen LogP contribution in [0.2, 0.25) is 0 Å². The minimum atomic E-state index is -4.55. The quantitative estimate of drug-likeness (QED) is 0.257. The van der Waals surface area contributed by atoms with E-state index in [0.29, 0.717) is 0 Å². The highest BCUT2D eigenvalue weighted by atomic mass is 79.9. The van der Waals surface area contributed by atoms with Crippen molar-refractivity contribution in [3.63, 3.8) is 0 Å². The molecule has 5 N–H and O–H groups in total. The lowest BCUT2D eigenvalue weighted by Gasteiger charge is -2.13. The van der Waals surface area contributed by atoms with Crippen molar-refractivity contribution in [3.8, 4) is 5.69 Å². The first-order chi connectivity index (χ1) is 11.5. The van der Waals surface area contributed by atoms with Gasteiger partial charge < -0.3 is 16.7 Å². The van der Waals surface area contributed by atoms with Gasteiger partial charge in [0.2, 0.25) is 0 Å². The van der Waals surface area contributed by atoms with Gasteiger partial charge >= 0.3 is 6.18 Å². The fourth-order valence-electron chi connectivity index (χ4n) is 2.02. The van der Waals surface area contributed by atoms with Crippen LogP contribution >= 0.6 is 31.9 Å². The van der Waals surface area contributed by atoms with Crippen LogP contribution in [-0.4, -0.2) is 31.3 Å². The predicted molar refractivity (Wildman–Crippen MR) is 93.2 cm³/mol. The number of alkyl halides is 3. The Morgan fingerprint density at radius 3 is 2.28 bits per heavy atom. The van der Waals surface area contributed by atoms with Gasteiger partial charge in [-0.15, -0.1) is 0 Å². The molecule has 0 saturated heterocycles. The molecule has 0 aliphatic carbocycles. The number of rotatable bonds is 3. The van der Waals surface area contributed by atoms with Crippen molar-refractivity contribution in [1.29, 1.82) is 0 Å². The van der Waals surface area contributed by atoms with E-state index < -0.39 is 28.4 Å². The molecule has 1 unspecified atom stereocenters. The Labute approximate surface area is 158 Å². The summed E-state index contributed by atoms with van der Waals surface area (Å²) in [6.07, 6.45) is -3.24. The maximum absolute atomic E-state index is 12.9. The normalized spacial score (nSPS) is 13.9. The van der Waals surface area contributed by atoms with Gasteiger partial charge in [-0.3, -0.25) is 4.21 Å².